The highest BCUT2D eigenvalue weighted by atomic mass is 16.5. The third-order valence-electron chi connectivity index (χ3n) is 5.80. The van der Waals surface area contributed by atoms with Gasteiger partial charge in [0.05, 0.1) is 11.7 Å². The number of amides is 2. The molecule has 8 heteroatoms. The minimum absolute atomic E-state index is 0.0193. The fourth-order valence-electron chi connectivity index (χ4n) is 3.92. The van der Waals surface area contributed by atoms with Gasteiger partial charge in [0, 0.05) is 17.3 Å². The van der Waals surface area contributed by atoms with Gasteiger partial charge < -0.3 is 20.5 Å². The molecule has 0 radical (unpaired) electrons. The summed E-state index contributed by atoms with van der Waals surface area (Å²) in [5.74, 6) is -0.495. The number of ether oxygens (including phenoxy) is 1. The molecule has 3 N–H and O–H groups in total. The Morgan fingerprint density at radius 2 is 1.69 bits per heavy atom. The van der Waals surface area contributed by atoms with Gasteiger partial charge in [0.2, 0.25) is 5.91 Å². The maximum Gasteiger partial charge on any atom is 0.408 e. The Bertz CT molecular complexity index is 1120. The van der Waals surface area contributed by atoms with Crippen LogP contribution in [-0.2, 0) is 16.1 Å². The topological polar surface area (TPSA) is 118 Å². The molecule has 3 aromatic rings. The van der Waals surface area contributed by atoms with Gasteiger partial charge in [-0.25, -0.2) is 4.79 Å². The summed E-state index contributed by atoms with van der Waals surface area (Å²) in [7, 11) is 0. The fraction of sp³-hybridized carbons (Fsp3) is 0.407. The van der Waals surface area contributed by atoms with Gasteiger partial charge in [-0.1, -0.05) is 64.1 Å². The maximum absolute atomic E-state index is 13.2. The number of nitrogens with zero attached hydrogens (tertiary/aromatic N) is 1. The molecule has 1 heterocycles. The highest BCUT2D eigenvalue weighted by Gasteiger charge is 2.37. The number of pyridine rings is 1. The lowest BCUT2D eigenvalue weighted by Gasteiger charge is -2.29. The zero-order valence-corrected chi connectivity index (χ0v) is 20.5. The van der Waals surface area contributed by atoms with E-state index in [1.165, 1.54) is 0 Å². The van der Waals surface area contributed by atoms with Crippen molar-refractivity contribution in [2.75, 3.05) is 0 Å². The van der Waals surface area contributed by atoms with Gasteiger partial charge in [0.15, 0.2) is 5.43 Å². The number of hydrogen-bond donors (Lipinski definition) is 3. The molecule has 0 aliphatic carbocycles. The Morgan fingerprint density at radius 1 is 1.00 bits per heavy atom. The lowest BCUT2D eigenvalue weighted by molar-refractivity contribution is -0.125. The number of rotatable bonds is 11. The summed E-state index contributed by atoms with van der Waals surface area (Å²) < 4.78 is 5.22. The second kappa shape index (κ2) is 11.8. The van der Waals surface area contributed by atoms with Crippen molar-refractivity contribution in [3.63, 3.8) is 0 Å². The van der Waals surface area contributed by atoms with Crippen LogP contribution in [0.3, 0.4) is 0 Å². The number of carbonyl (C=O) groups excluding carboxylic acids is 2. The van der Waals surface area contributed by atoms with E-state index >= 15 is 0 Å². The van der Waals surface area contributed by atoms with Crippen molar-refractivity contribution < 1.29 is 19.4 Å². The number of aromatic nitrogens is 1. The standard InChI is InChI=1S/C27H33N3O5/c1-16(2)14-20(29-27(34)35-15-19-12-8-9-13-28-19)26(33)30-23(17(3)4)25(32)22-21(24(22)31)18-10-6-5-7-11-18/h5-13,16-17,20,23,25,32H,14-15H2,1-4H3,(H,29,34)(H,30,33)/t20-,23-,25+/m0/s1. The minimum Gasteiger partial charge on any atom is -0.443 e. The molecule has 186 valence electrons. The van der Waals surface area contributed by atoms with E-state index in [9.17, 15) is 19.5 Å². The number of benzene rings is 1. The quantitative estimate of drug-likeness (QED) is 0.387. The molecule has 2 aromatic carbocycles. The van der Waals surface area contributed by atoms with E-state index in [0.29, 0.717) is 23.2 Å². The number of hydrogen-bond acceptors (Lipinski definition) is 6. The summed E-state index contributed by atoms with van der Waals surface area (Å²) in [4.78, 5) is 42.1. The Kier molecular flexibility index (Phi) is 8.76. The highest BCUT2D eigenvalue weighted by molar-refractivity contribution is 5.86. The molecule has 3 atom stereocenters. The fourth-order valence-corrected chi connectivity index (χ4v) is 3.92. The van der Waals surface area contributed by atoms with E-state index < -0.39 is 30.2 Å². The smallest absolute Gasteiger partial charge is 0.408 e. The molecule has 1 aromatic heterocycles. The van der Waals surface area contributed by atoms with Gasteiger partial charge in [-0.3, -0.25) is 14.6 Å². The van der Waals surface area contributed by atoms with Crippen LogP contribution in [0.4, 0.5) is 4.79 Å². The number of carbonyl (C=O) groups is 2. The molecular weight excluding hydrogens is 446 g/mol. The molecular formula is C27H33N3O5. The first-order chi connectivity index (χ1) is 16.7. The largest absolute Gasteiger partial charge is 0.443 e. The molecule has 0 bridgehead atoms. The summed E-state index contributed by atoms with van der Waals surface area (Å²) in [6.07, 6.45) is 0.0937. The van der Waals surface area contributed by atoms with Crippen molar-refractivity contribution in [2.45, 2.75) is 58.9 Å². The molecule has 8 nitrogen and oxygen atoms in total. The monoisotopic (exact) mass is 479 g/mol. The van der Waals surface area contributed by atoms with Crippen molar-refractivity contribution in [3.05, 3.63) is 76.2 Å². The first-order valence-electron chi connectivity index (χ1n) is 11.8. The Balaban J connectivity index is 1.67. The molecule has 2 amide bonds. The van der Waals surface area contributed by atoms with Crippen molar-refractivity contribution in [2.24, 2.45) is 11.8 Å². The van der Waals surface area contributed by atoms with Gasteiger partial charge in [-0.05, 0) is 36.0 Å². The van der Waals surface area contributed by atoms with Crippen LogP contribution in [0.2, 0.25) is 0 Å². The van der Waals surface area contributed by atoms with Crippen molar-refractivity contribution in [1.82, 2.24) is 15.6 Å². The third kappa shape index (κ3) is 6.99. The normalized spacial score (nSPS) is 14.0. The number of aliphatic hydroxyl groups excluding tert-OH is 1. The van der Waals surface area contributed by atoms with Crippen LogP contribution in [0.15, 0.2) is 59.5 Å². The summed E-state index contributed by atoms with van der Waals surface area (Å²) in [6, 6.07) is 12.9. The first-order valence-corrected chi connectivity index (χ1v) is 11.8. The van der Waals surface area contributed by atoms with Gasteiger partial charge >= 0.3 is 6.09 Å². The van der Waals surface area contributed by atoms with Crippen molar-refractivity contribution >= 4 is 12.0 Å². The molecule has 35 heavy (non-hydrogen) atoms. The van der Waals surface area contributed by atoms with Crippen LogP contribution < -0.4 is 16.1 Å². The summed E-state index contributed by atoms with van der Waals surface area (Å²) in [5.41, 5.74) is 1.95. The average molecular weight is 480 g/mol. The van der Waals surface area contributed by atoms with Gasteiger partial charge in [-0.2, -0.15) is 0 Å². The van der Waals surface area contributed by atoms with E-state index in [1.807, 2.05) is 58.0 Å². The predicted octanol–water partition coefficient (Wildman–Crippen LogP) is 3.50. The number of alkyl carbamates (subject to hydrolysis) is 1. The minimum atomic E-state index is -1.16. The SMILES string of the molecule is CC(C)C[C@H](NC(=O)OCc1ccccn1)C(=O)N[C@@H](C(C)C)[C@H](O)c1c(-c2ccccc2)c1=O. The third-order valence-corrected chi connectivity index (χ3v) is 5.80. The first kappa shape index (κ1) is 26.1. The van der Waals surface area contributed by atoms with E-state index in [-0.39, 0.29) is 23.9 Å². The zero-order chi connectivity index (χ0) is 25.5. The second-order valence-electron chi connectivity index (χ2n) is 9.43. The van der Waals surface area contributed by atoms with Crippen LogP contribution in [0.1, 0.15) is 51.5 Å². The molecule has 0 fully saturated rings. The van der Waals surface area contributed by atoms with E-state index in [1.54, 1.807) is 24.4 Å². The number of nitrogens with one attached hydrogen (secondary N) is 2. The van der Waals surface area contributed by atoms with Crippen LogP contribution in [0.25, 0.3) is 11.1 Å². The molecule has 0 saturated heterocycles. The molecule has 0 saturated carbocycles. The Morgan fingerprint density at radius 3 is 2.29 bits per heavy atom. The van der Waals surface area contributed by atoms with Crippen LogP contribution in [-0.4, -0.2) is 34.2 Å². The molecule has 0 unspecified atom stereocenters. The maximum atomic E-state index is 13.2. The van der Waals surface area contributed by atoms with Crippen molar-refractivity contribution in [3.8, 4) is 11.1 Å². The predicted molar refractivity (Wildman–Crippen MR) is 133 cm³/mol. The van der Waals surface area contributed by atoms with Crippen LogP contribution in [0.5, 0.6) is 0 Å². The van der Waals surface area contributed by atoms with E-state index in [0.717, 1.165) is 5.56 Å². The average Bonchev–Trinajstić information content (AvgIpc) is 3.51. The molecule has 0 aliphatic rings. The summed E-state index contributed by atoms with van der Waals surface area (Å²) in [6.45, 7) is 7.58. The van der Waals surface area contributed by atoms with Crippen molar-refractivity contribution in [1.29, 1.82) is 0 Å². The molecule has 3 rings (SSSR count). The highest BCUT2D eigenvalue weighted by Crippen LogP contribution is 2.33. The van der Waals surface area contributed by atoms with Gasteiger partial charge in [0.25, 0.3) is 0 Å². The van der Waals surface area contributed by atoms with Crippen LogP contribution in [0, 0.1) is 11.8 Å². The van der Waals surface area contributed by atoms with E-state index in [2.05, 4.69) is 15.6 Å². The Labute approximate surface area is 205 Å². The zero-order valence-electron chi connectivity index (χ0n) is 20.5. The van der Waals surface area contributed by atoms with Crippen LogP contribution >= 0.6 is 0 Å². The van der Waals surface area contributed by atoms with E-state index in [4.69, 9.17) is 4.74 Å². The molecule has 0 aliphatic heterocycles. The lowest BCUT2D eigenvalue weighted by atomic mass is 9.95. The number of aliphatic hydroxyl groups is 1. The summed E-state index contributed by atoms with van der Waals surface area (Å²) >= 11 is 0. The van der Waals surface area contributed by atoms with Gasteiger partial charge in [0.1, 0.15) is 18.8 Å². The second-order valence-corrected chi connectivity index (χ2v) is 9.43. The summed E-state index contributed by atoms with van der Waals surface area (Å²) in [5, 5.41) is 16.5. The molecule has 0 spiro atoms. The Hall–Kier alpha value is -3.52. The lowest BCUT2D eigenvalue weighted by Crippen LogP contribution is -2.52. The van der Waals surface area contributed by atoms with Gasteiger partial charge in [-0.15, -0.1) is 0 Å².